The summed E-state index contributed by atoms with van der Waals surface area (Å²) in [5.74, 6) is 1.78. The first-order chi connectivity index (χ1) is 12.8. The first-order valence-electron chi connectivity index (χ1n) is 8.44. The second kappa shape index (κ2) is 8.69. The maximum absolute atomic E-state index is 13.5. The predicted molar refractivity (Wildman–Crippen MR) is 98.2 cm³/mol. The van der Waals surface area contributed by atoms with E-state index in [4.69, 9.17) is 6.42 Å². The normalized spacial score (nSPS) is 11.3. The molecule has 0 radical (unpaired) electrons. The number of amides is 1. The zero-order chi connectivity index (χ0) is 20.0. The number of benzene rings is 1. The molecule has 1 aromatic heterocycles. The average Bonchev–Trinajstić information content (AvgIpc) is 2.66. The number of nitrogens with zero attached hydrogens (tertiary/aromatic N) is 2. The molecular formula is C20H20F3N3O. The summed E-state index contributed by atoms with van der Waals surface area (Å²) in [7, 11) is 0. The van der Waals surface area contributed by atoms with E-state index in [0.717, 1.165) is 6.07 Å². The van der Waals surface area contributed by atoms with Crippen molar-refractivity contribution >= 4 is 11.6 Å². The summed E-state index contributed by atoms with van der Waals surface area (Å²) in [6.07, 6.45) is 3.47. The third-order valence-corrected chi connectivity index (χ3v) is 4.13. The fourth-order valence-corrected chi connectivity index (χ4v) is 2.59. The van der Waals surface area contributed by atoms with Crippen molar-refractivity contribution in [2.24, 2.45) is 0 Å². The number of carbonyl (C=O) groups is 1. The number of hydrogen-bond acceptors (Lipinski definition) is 3. The zero-order valence-electron chi connectivity index (χ0n) is 15.1. The third kappa shape index (κ3) is 5.31. The molecule has 0 atom stereocenters. The molecule has 0 unspecified atom stereocenters. The summed E-state index contributed by atoms with van der Waals surface area (Å²) < 4.78 is 40.4. The van der Waals surface area contributed by atoms with Gasteiger partial charge in [-0.05, 0) is 36.9 Å². The number of carbonyl (C=O) groups excluding carboxylic acids is 1. The van der Waals surface area contributed by atoms with Crippen LogP contribution in [0.3, 0.4) is 0 Å². The summed E-state index contributed by atoms with van der Waals surface area (Å²) >= 11 is 0. The molecule has 2 aromatic rings. The van der Waals surface area contributed by atoms with Gasteiger partial charge in [-0.3, -0.25) is 14.7 Å². The number of alkyl halides is 3. The van der Waals surface area contributed by atoms with Gasteiger partial charge in [0.25, 0.3) is 5.91 Å². The molecule has 1 heterocycles. The summed E-state index contributed by atoms with van der Waals surface area (Å²) in [5, 5.41) is 2.47. The quantitative estimate of drug-likeness (QED) is 0.771. The molecule has 2 rings (SSSR count). The van der Waals surface area contributed by atoms with Gasteiger partial charge < -0.3 is 5.32 Å². The molecule has 27 heavy (non-hydrogen) atoms. The van der Waals surface area contributed by atoms with Crippen LogP contribution in [0.1, 0.15) is 40.9 Å². The summed E-state index contributed by atoms with van der Waals surface area (Å²) in [5.41, 5.74) is 0.0454. The van der Waals surface area contributed by atoms with Crippen LogP contribution < -0.4 is 5.32 Å². The van der Waals surface area contributed by atoms with Crippen LogP contribution in [0.2, 0.25) is 0 Å². The van der Waals surface area contributed by atoms with Gasteiger partial charge in [-0.15, -0.1) is 6.42 Å². The fraction of sp³-hybridized carbons (Fsp3) is 0.300. The molecule has 4 nitrogen and oxygen atoms in total. The van der Waals surface area contributed by atoms with Crippen LogP contribution >= 0.6 is 0 Å². The van der Waals surface area contributed by atoms with Crippen LogP contribution in [0.4, 0.5) is 18.9 Å². The van der Waals surface area contributed by atoms with E-state index in [9.17, 15) is 18.0 Å². The van der Waals surface area contributed by atoms with Crippen molar-refractivity contribution < 1.29 is 18.0 Å². The lowest BCUT2D eigenvalue weighted by molar-refractivity contribution is -0.138. The molecule has 0 saturated carbocycles. The van der Waals surface area contributed by atoms with Crippen molar-refractivity contribution in [2.45, 2.75) is 26.6 Å². The van der Waals surface area contributed by atoms with Crippen LogP contribution in [-0.4, -0.2) is 28.9 Å². The van der Waals surface area contributed by atoms with Gasteiger partial charge in [0.2, 0.25) is 0 Å². The van der Waals surface area contributed by atoms with Crippen LogP contribution in [0.5, 0.6) is 0 Å². The van der Waals surface area contributed by atoms with Gasteiger partial charge >= 0.3 is 6.18 Å². The minimum Gasteiger partial charge on any atom is -0.322 e. The topological polar surface area (TPSA) is 45.2 Å². The van der Waals surface area contributed by atoms with E-state index >= 15 is 0 Å². The molecule has 7 heteroatoms. The van der Waals surface area contributed by atoms with E-state index in [0.29, 0.717) is 18.7 Å². The molecule has 0 fully saturated rings. The highest BCUT2D eigenvalue weighted by Crippen LogP contribution is 2.34. The van der Waals surface area contributed by atoms with E-state index in [1.54, 1.807) is 0 Å². The van der Waals surface area contributed by atoms with Crippen molar-refractivity contribution in [3.8, 4) is 12.3 Å². The minimum atomic E-state index is -4.52. The smallest absolute Gasteiger partial charge is 0.322 e. The van der Waals surface area contributed by atoms with Gasteiger partial charge in [0, 0.05) is 30.2 Å². The molecule has 1 N–H and O–H groups in total. The molecule has 0 aliphatic carbocycles. The summed E-state index contributed by atoms with van der Waals surface area (Å²) in [4.78, 5) is 18.0. The highest BCUT2D eigenvalue weighted by atomic mass is 19.4. The Morgan fingerprint density at radius 2 is 1.93 bits per heavy atom. The molecule has 0 spiro atoms. The maximum Gasteiger partial charge on any atom is 0.416 e. The van der Waals surface area contributed by atoms with Crippen molar-refractivity contribution in [3.63, 3.8) is 0 Å². The van der Waals surface area contributed by atoms with E-state index < -0.39 is 17.6 Å². The largest absolute Gasteiger partial charge is 0.416 e. The minimum absolute atomic E-state index is 0.0572. The third-order valence-electron chi connectivity index (χ3n) is 4.13. The first-order valence-corrected chi connectivity index (χ1v) is 8.44. The summed E-state index contributed by atoms with van der Waals surface area (Å²) in [6, 6.07) is 5.26. The Labute approximate surface area is 156 Å². The number of halogens is 3. The van der Waals surface area contributed by atoms with Crippen LogP contribution in [0, 0.1) is 12.3 Å². The van der Waals surface area contributed by atoms with Gasteiger partial charge in [0.1, 0.15) is 0 Å². The molecule has 142 valence electrons. The lowest BCUT2D eigenvalue weighted by Gasteiger charge is -2.21. The van der Waals surface area contributed by atoms with Crippen LogP contribution in [0.25, 0.3) is 0 Å². The van der Waals surface area contributed by atoms with Gasteiger partial charge in [-0.2, -0.15) is 13.2 Å². The standard InChI is InChI=1S/C20H20F3N3O/c1-4-14-9-16(12-24-11-14)19(27)25-17-8-7-15(13-26(5-2)6-3)18(10-17)20(21,22)23/h1,7-12H,5-6,13H2,2-3H3,(H,25,27). The Morgan fingerprint density at radius 3 is 2.52 bits per heavy atom. The molecule has 1 amide bonds. The Hall–Kier alpha value is -2.85. The maximum atomic E-state index is 13.5. The Balaban J connectivity index is 2.30. The van der Waals surface area contributed by atoms with Crippen LogP contribution in [0.15, 0.2) is 36.7 Å². The van der Waals surface area contributed by atoms with Crippen molar-refractivity contribution in [2.75, 3.05) is 18.4 Å². The molecule has 0 aliphatic rings. The van der Waals surface area contributed by atoms with Crippen molar-refractivity contribution in [3.05, 3.63) is 58.9 Å². The van der Waals surface area contributed by atoms with Crippen molar-refractivity contribution in [1.29, 1.82) is 0 Å². The van der Waals surface area contributed by atoms with E-state index in [1.165, 1.54) is 30.6 Å². The van der Waals surface area contributed by atoms with Crippen molar-refractivity contribution in [1.82, 2.24) is 9.88 Å². The van der Waals surface area contributed by atoms with Gasteiger partial charge in [0.05, 0.1) is 11.1 Å². The molecule has 0 aliphatic heterocycles. The fourth-order valence-electron chi connectivity index (χ4n) is 2.59. The van der Waals surface area contributed by atoms with Gasteiger partial charge in [0.15, 0.2) is 0 Å². The predicted octanol–water partition coefficient (Wildman–Crippen LogP) is 4.18. The van der Waals surface area contributed by atoms with Gasteiger partial charge in [-0.1, -0.05) is 25.8 Å². The Morgan fingerprint density at radius 1 is 1.22 bits per heavy atom. The molecule has 1 aromatic carbocycles. The number of hydrogen-bond donors (Lipinski definition) is 1. The number of rotatable bonds is 6. The molecule has 0 saturated heterocycles. The highest BCUT2D eigenvalue weighted by Gasteiger charge is 2.34. The number of anilines is 1. The summed E-state index contributed by atoms with van der Waals surface area (Å²) in [6.45, 7) is 5.26. The SMILES string of the molecule is C#Cc1cncc(C(=O)Nc2ccc(CN(CC)CC)c(C(F)(F)F)c2)c1. The van der Waals surface area contributed by atoms with E-state index in [-0.39, 0.29) is 23.4 Å². The van der Waals surface area contributed by atoms with E-state index in [2.05, 4.69) is 16.2 Å². The first kappa shape index (κ1) is 20.5. The monoisotopic (exact) mass is 375 g/mol. The number of nitrogens with one attached hydrogen (secondary N) is 1. The second-order valence-corrected chi connectivity index (χ2v) is 5.89. The Kier molecular flexibility index (Phi) is 6.59. The number of aromatic nitrogens is 1. The van der Waals surface area contributed by atoms with Gasteiger partial charge in [-0.25, -0.2) is 0 Å². The molecule has 0 bridgehead atoms. The second-order valence-electron chi connectivity index (χ2n) is 5.89. The number of pyridine rings is 1. The zero-order valence-corrected chi connectivity index (χ0v) is 15.1. The van der Waals surface area contributed by atoms with Crippen LogP contribution in [-0.2, 0) is 12.7 Å². The average molecular weight is 375 g/mol. The molecular weight excluding hydrogens is 355 g/mol. The highest BCUT2D eigenvalue weighted by molar-refractivity contribution is 6.04. The number of terminal acetylenes is 1. The van der Waals surface area contributed by atoms with E-state index in [1.807, 2.05) is 18.7 Å². The lowest BCUT2D eigenvalue weighted by atomic mass is 10.0. The lowest BCUT2D eigenvalue weighted by Crippen LogP contribution is -2.24. The Bertz CT molecular complexity index is 852.